The van der Waals surface area contributed by atoms with Crippen LogP contribution in [0.3, 0.4) is 0 Å². The van der Waals surface area contributed by atoms with Gasteiger partial charge in [0.15, 0.2) is 17.3 Å². The Morgan fingerprint density at radius 3 is 2.57 bits per heavy atom. The number of aliphatic hydroxyl groups is 1. The van der Waals surface area contributed by atoms with E-state index >= 15 is 0 Å². The molecule has 2 heterocycles. The summed E-state index contributed by atoms with van der Waals surface area (Å²) >= 11 is 3.52. The Hall–Kier alpha value is -3.25. The molecule has 0 spiro atoms. The molecule has 0 saturated carbocycles. The maximum atomic E-state index is 13.1. The van der Waals surface area contributed by atoms with Gasteiger partial charge in [0, 0.05) is 16.6 Å². The van der Waals surface area contributed by atoms with Crippen LogP contribution in [0.1, 0.15) is 22.7 Å². The second kappa shape index (κ2) is 7.54. The van der Waals surface area contributed by atoms with Crippen LogP contribution in [0.25, 0.3) is 5.57 Å². The fourth-order valence-electron chi connectivity index (χ4n) is 3.99. The molecule has 1 N–H and O–H groups in total. The number of fused-ring (bicyclic) bond motifs is 1. The van der Waals surface area contributed by atoms with Gasteiger partial charge < -0.3 is 19.5 Å². The Kier molecular flexibility index (Phi) is 4.71. The van der Waals surface area contributed by atoms with Crippen LogP contribution in [-0.2, 0) is 11.3 Å². The van der Waals surface area contributed by atoms with Gasteiger partial charge >= 0.3 is 0 Å². The van der Waals surface area contributed by atoms with Crippen LogP contribution < -0.4 is 9.47 Å². The zero-order chi connectivity index (χ0) is 20.7. The van der Waals surface area contributed by atoms with E-state index in [-0.39, 0.29) is 12.6 Å². The number of carbonyl (C=O) groups is 1. The highest BCUT2D eigenvalue weighted by Crippen LogP contribution is 2.44. The Balaban J connectivity index is 1.58. The average Bonchev–Trinajstić information content (AvgIpc) is 3.32. The third kappa shape index (κ3) is 3.23. The van der Waals surface area contributed by atoms with E-state index in [0.717, 1.165) is 21.2 Å². The van der Waals surface area contributed by atoms with E-state index in [1.54, 1.807) is 4.90 Å². The van der Waals surface area contributed by atoms with Crippen molar-refractivity contribution in [1.82, 2.24) is 4.90 Å². The molecule has 2 aliphatic rings. The smallest absolute Gasteiger partial charge is 0.290 e. The molecule has 150 valence electrons. The summed E-state index contributed by atoms with van der Waals surface area (Å²) in [5, 5.41) is 10.8. The van der Waals surface area contributed by atoms with E-state index in [2.05, 4.69) is 15.9 Å². The van der Waals surface area contributed by atoms with Gasteiger partial charge in [-0.2, -0.15) is 0 Å². The van der Waals surface area contributed by atoms with Crippen molar-refractivity contribution in [3.05, 3.63) is 99.7 Å². The molecule has 5 nitrogen and oxygen atoms in total. The van der Waals surface area contributed by atoms with Crippen LogP contribution >= 0.6 is 15.9 Å². The van der Waals surface area contributed by atoms with Gasteiger partial charge in [-0.05, 0) is 41.0 Å². The molecule has 5 rings (SSSR count). The summed E-state index contributed by atoms with van der Waals surface area (Å²) in [5.41, 5.74) is 3.25. The fourth-order valence-corrected chi connectivity index (χ4v) is 4.41. The van der Waals surface area contributed by atoms with Crippen molar-refractivity contribution in [3.63, 3.8) is 0 Å². The summed E-state index contributed by atoms with van der Waals surface area (Å²) in [6, 6.07) is 22.6. The number of nitrogens with zero attached hydrogens (tertiary/aromatic N) is 1. The highest BCUT2D eigenvalue weighted by molar-refractivity contribution is 9.10. The SMILES string of the molecule is O=C1C(O)=C(c2ccccc2)C(c2cccc(Br)c2)N1Cc1ccc2c(c1)OCO2. The lowest BCUT2D eigenvalue weighted by Crippen LogP contribution is -2.29. The van der Waals surface area contributed by atoms with Crippen molar-refractivity contribution in [1.29, 1.82) is 0 Å². The molecule has 1 atom stereocenters. The average molecular weight is 464 g/mol. The van der Waals surface area contributed by atoms with E-state index < -0.39 is 11.9 Å². The number of aliphatic hydroxyl groups excluding tert-OH is 1. The predicted molar refractivity (Wildman–Crippen MR) is 116 cm³/mol. The van der Waals surface area contributed by atoms with E-state index in [1.165, 1.54) is 0 Å². The Labute approximate surface area is 182 Å². The number of ether oxygens (including phenoxy) is 2. The largest absolute Gasteiger partial charge is 0.503 e. The van der Waals surface area contributed by atoms with Gasteiger partial charge in [-0.25, -0.2) is 0 Å². The van der Waals surface area contributed by atoms with Gasteiger partial charge in [-0.1, -0.05) is 64.5 Å². The monoisotopic (exact) mass is 463 g/mol. The number of rotatable bonds is 4. The molecule has 0 bridgehead atoms. The van der Waals surface area contributed by atoms with Crippen LogP contribution in [0.2, 0.25) is 0 Å². The first-order valence-corrected chi connectivity index (χ1v) is 10.3. The molecule has 3 aromatic carbocycles. The van der Waals surface area contributed by atoms with Crippen molar-refractivity contribution in [3.8, 4) is 11.5 Å². The Morgan fingerprint density at radius 1 is 0.967 bits per heavy atom. The zero-order valence-corrected chi connectivity index (χ0v) is 17.5. The number of benzene rings is 3. The van der Waals surface area contributed by atoms with Crippen LogP contribution in [0.5, 0.6) is 11.5 Å². The van der Waals surface area contributed by atoms with Crippen LogP contribution in [0.15, 0.2) is 83.0 Å². The molecule has 0 aliphatic carbocycles. The minimum absolute atomic E-state index is 0.197. The lowest BCUT2D eigenvalue weighted by Gasteiger charge is -2.27. The van der Waals surface area contributed by atoms with Crippen molar-refractivity contribution < 1.29 is 19.4 Å². The summed E-state index contributed by atoms with van der Waals surface area (Å²) < 4.78 is 11.8. The standard InChI is InChI=1S/C24H18BrNO4/c25-18-8-4-7-17(12-18)22-21(16-5-2-1-3-6-16)23(27)24(28)26(22)13-15-9-10-19-20(11-15)30-14-29-19/h1-12,22,27H,13-14H2. The Bertz CT molecular complexity index is 1160. The summed E-state index contributed by atoms with van der Waals surface area (Å²) in [4.78, 5) is 14.8. The van der Waals surface area contributed by atoms with Gasteiger partial charge in [-0.15, -0.1) is 0 Å². The van der Waals surface area contributed by atoms with E-state index in [1.807, 2.05) is 72.8 Å². The molecule has 1 unspecified atom stereocenters. The minimum Gasteiger partial charge on any atom is -0.503 e. The molecule has 2 aliphatic heterocycles. The van der Waals surface area contributed by atoms with Gasteiger partial charge in [0.25, 0.3) is 5.91 Å². The number of hydrogen-bond acceptors (Lipinski definition) is 4. The first-order chi connectivity index (χ1) is 14.6. The highest BCUT2D eigenvalue weighted by Gasteiger charge is 2.41. The molecule has 1 amide bonds. The summed E-state index contributed by atoms with van der Waals surface area (Å²) in [6.45, 7) is 0.523. The van der Waals surface area contributed by atoms with E-state index in [4.69, 9.17) is 9.47 Å². The molecule has 3 aromatic rings. The summed E-state index contributed by atoms with van der Waals surface area (Å²) in [7, 11) is 0. The second-order valence-corrected chi connectivity index (χ2v) is 8.12. The third-order valence-corrected chi connectivity index (χ3v) is 5.84. The number of hydrogen-bond donors (Lipinski definition) is 1. The molecular weight excluding hydrogens is 446 g/mol. The fraction of sp³-hybridized carbons (Fsp3) is 0.125. The van der Waals surface area contributed by atoms with Gasteiger partial charge in [-0.3, -0.25) is 4.79 Å². The number of halogens is 1. The summed E-state index contributed by atoms with van der Waals surface area (Å²) in [6.07, 6.45) is 0. The second-order valence-electron chi connectivity index (χ2n) is 7.21. The van der Waals surface area contributed by atoms with Gasteiger partial charge in [0.05, 0.1) is 6.04 Å². The van der Waals surface area contributed by atoms with Crippen LogP contribution in [0.4, 0.5) is 0 Å². The van der Waals surface area contributed by atoms with Crippen LogP contribution in [0, 0.1) is 0 Å². The molecule has 0 radical (unpaired) electrons. The van der Waals surface area contributed by atoms with Crippen molar-refractivity contribution in [2.24, 2.45) is 0 Å². The van der Waals surface area contributed by atoms with Crippen molar-refractivity contribution in [2.45, 2.75) is 12.6 Å². The Morgan fingerprint density at radius 2 is 1.77 bits per heavy atom. The molecule has 30 heavy (non-hydrogen) atoms. The van der Waals surface area contributed by atoms with Crippen LogP contribution in [-0.4, -0.2) is 22.7 Å². The predicted octanol–water partition coefficient (Wildman–Crippen LogP) is 5.23. The molecule has 0 saturated heterocycles. The molecule has 0 fully saturated rings. The number of carbonyl (C=O) groups excluding carboxylic acids is 1. The zero-order valence-electron chi connectivity index (χ0n) is 15.9. The third-order valence-electron chi connectivity index (χ3n) is 5.34. The quantitative estimate of drug-likeness (QED) is 0.575. The van der Waals surface area contributed by atoms with Crippen molar-refractivity contribution in [2.75, 3.05) is 6.79 Å². The first kappa shape index (κ1) is 18.8. The normalized spacial score (nSPS) is 17.7. The molecule has 6 heteroatoms. The molecular formula is C24H18BrNO4. The van der Waals surface area contributed by atoms with Crippen molar-refractivity contribution >= 4 is 27.4 Å². The van der Waals surface area contributed by atoms with E-state index in [9.17, 15) is 9.90 Å². The molecule has 0 aromatic heterocycles. The lowest BCUT2D eigenvalue weighted by molar-refractivity contribution is -0.130. The number of amides is 1. The highest BCUT2D eigenvalue weighted by atomic mass is 79.9. The maximum absolute atomic E-state index is 13.1. The van der Waals surface area contributed by atoms with Gasteiger partial charge in [0.1, 0.15) is 0 Å². The first-order valence-electron chi connectivity index (χ1n) is 9.55. The summed E-state index contributed by atoms with van der Waals surface area (Å²) in [5.74, 6) is 0.753. The maximum Gasteiger partial charge on any atom is 0.290 e. The van der Waals surface area contributed by atoms with E-state index in [0.29, 0.717) is 23.6 Å². The topological polar surface area (TPSA) is 59.0 Å². The lowest BCUT2D eigenvalue weighted by atomic mass is 9.93. The minimum atomic E-state index is -0.414. The van der Waals surface area contributed by atoms with Gasteiger partial charge in [0.2, 0.25) is 6.79 Å².